The van der Waals surface area contributed by atoms with Crippen molar-refractivity contribution < 1.29 is 4.39 Å². The van der Waals surface area contributed by atoms with Crippen LogP contribution in [0.5, 0.6) is 0 Å². The molecule has 0 bridgehead atoms. The molecule has 0 spiro atoms. The van der Waals surface area contributed by atoms with Crippen LogP contribution in [0, 0.1) is 5.82 Å². The van der Waals surface area contributed by atoms with Gasteiger partial charge >= 0.3 is 0 Å². The van der Waals surface area contributed by atoms with E-state index < -0.39 is 0 Å². The van der Waals surface area contributed by atoms with Crippen LogP contribution in [0.1, 0.15) is 60.3 Å². The van der Waals surface area contributed by atoms with E-state index in [2.05, 4.69) is 43.6 Å². The lowest BCUT2D eigenvalue weighted by Crippen LogP contribution is -2.32. The molecule has 0 amide bonds. The average molecular weight is 443 g/mol. The Kier molecular flexibility index (Phi) is 6.48. The normalized spacial score (nSPS) is 15.2. The zero-order valence-electron chi connectivity index (χ0n) is 18.5. The maximum absolute atomic E-state index is 13.8. The average Bonchev–Trinajstić information content (AvgIpc) is 3.54. The minimum Gasteiger partial charge on any atom is -0.281 e. The lowest BCUT2D eigenvalue weighted by molar-refractivity contribution is 0.191. The van der Waals surface area contributed by atoms with Crippen LogP contribution in [-0.4, -0.2) is 30.1 Å². The van der Waals surface area contributed by atoms with Gasteiger partial charge in [0.1, 0.15) is 5.82 Å². The Labute approximate surface area is 193 Å². The van der Waals surface area contributed by atoms with E-state index in [0.717, 1.165) is 29.8 Å². The fourth-order valence-electron chi connectivity index (χ4n) is 4.74. The van der Waals surface area contributed by atoms with Crippen molar-refractivity contribution in [3.8, 4) is 0 Å². The van der Waals surface area contributed by atoms with Crippen molar-refractivity contribution in [2.24, 2.45) is 0 Å². The maximum Gasteiger partial charge on any atom is 0.173 e. The standard InChI is InChI=1S/C26H27FN6/c27-23-14-12-22(13-15-23)25(26-29-30-31-33(26)24-10-4-5-11-24)32(18-20-7-2-1-3-8-20)19-21-9-6-16-28-17-21/h1-3,6-9,12-17,24-25H,4-5,10-11,18-19H2/t25-/m1/s1. The third-order valence-corrected chi connectivity index (χ3v) is 6.32. The molecule has 1 fully saturated rings. The summed E-state index contributed by atoms with van der Waals surface area (Å²) in [5.41, 5.74) is 3.25. The van der Waals surface area contributed by atoms with Gasteiger partial charge in [0.05, 0.1) is 12.1 Å². The summed E-state index contributed by atoms with van der Waals surface area (Å²) in [5, 5.41) is 13.0. The number of halogens is 1. The van der Waals surface area contributed by atoms with E-state index >= 15 is 0 Å². The van der Waals surface area contributed by atoms with Crippen LogP contribution in [0.15, 0.2) is 79.1 Å². The minimum absolute atomic E-state index is 0.235. The van der Waals surface area contributed by atoms with Gasteiger partial charge in [-0.05, 0) is 58.2 Å². The van der Waals surface area contributed by atoms with E-state index in [4.69, 9.17) is 0 Å². The molecule has 0 aliphatic heterocycles. The Morgan fingerprint density at radius 3 is 2.36 bits per heavy atom. The maximum atomic E-state index is 13.8. The molecule has 0 saturated heterocycles. The lowest BCUT2D eigenvalue weighted by atomic mass is 10.0. The molecule has 33 heavy (non-hydrogen) atoms. The number of nitrogens with zero attached hydrogens (tertiary/aromatic N) is 6. The summed E-state index contributed by atoms with van der Waals surface area (Å²) < 4.78 is 15.8. The number of hydrogen-bond acceptors (Lipinski definition) is 5. The summed E-state index contributed by atoms with van der Waals surface area (Å²) in [6.07, 6.45) is 8.21. The fourth-order valence-corrected chi connectivity index (χ4v) is 4.74. The number of rotatable bonds is 8. The van der Waals surface area contributed by atoms with Gasteiger partial charge in [0.15, 0.2) is 5.82 Å². The first-order valence-electron chi connectivity index (χ1n) is 11.5. The van der Waals surface area contributed by atoms with Crippen LogP contribution >= 0.6 is 0 Å². The third kappa shape index (κ3) is 4.98. The molecule has 168 valence electrons. The predicted molar refractivity (Wildman–Crippen MR) is 123 cm³/mol. The molecule has 1 aliphatic carbocycles. The van der Waals surface area contributed by atoms with Crippen molar-refractivity contribution >= 4 is 0 Å². The Bertz CT molecular complexity index is 1100. The monoisotopic (exact) mass is 442 g/mol. The molecule has 0 unspecified atom stereocenters. The molecule has 1 aliphatic rings. The molecule has 7 heteroatoms. The molecule has 2 aromatic heterocycles. The number of tetrazole rings is 1. The second-order valence-corrected chi connectivity index (χ2v) is 8.63. The fraction of sp³-hybridized carbons (Fsp3) is 0.308. The Hall–Kier alpha value is -3.45. The van der Waals surface area contributed by atoms with Gasteiger partial charge in [-0.25, -0.2) is 9.07 Å². The highest BCUT2D eigenvalue weighted by Crippen LogP contribution is 2.35. The van der Waals surface area contributed by atoms with Crippen LogP contribution in [0.25, 0.3) is 0 Å². The van der Waals surface area contributed by atoms with Gasteiger partial charge in [0.25, 0.3) is 0 Å². The number of aromatic nitrogens is 5. The van der Waals surface area contributed by atoms with Crippen LogP contribution in [-0.2, 0) is 13.1 Å². The summed E-state index contributed by atoms with van der Waals surface area (Å²) in [4.78, 5) is 6.65. The SMILES string of the molecule is Fc1ccc([C@H](c2nnnn2C2CCCC2)N(Cc2ccccc2)Cc2cccnc2)cc1. The van der Waals surface area contributed by atoms with Crippen molar-refractivity contribution in [1.82, 2.24) is 30.1 Å². The zero-order chi connectivity index (χ0) is 22.5. The number of pyridine rings is 1. The summed E-state index contributed by atoms with van der Waals surface area (Å²) in [6, 6.07) is 21.2. The molecule has 0 radical (unpaired) electrons. The van der Waals surface area contributed by atoms with Crippen LogP contribution in [0.3, 0.4) is 0 Å². The topological polar surface area (TPSA) is 59.7 Å². The molecular weight excluding hydrogens is 415 g/mol. The summed E-state index contributed by atoms with van der Waals surface area (Å²) in [6.45, 7) is 1.34. The Morgan fingerprint density at radius 1 is 0.909 bits per heavy atom. The largest absolute Gasteiger partial charge is 0.281 e. The Morgan fingerprint density at radius 2 is 1.64 bits per heavy atom. The van der Waals surface area contributed by atoms with Crippen molar-refractivity contribution in [3.63, 3.8) is 0 Å². The van der Waals surface area contributed by atoms with Crippen molar-refractivity contribution in [1.29, 1.82) is 0 Å². The summed E-state index contributed by atoms with van der Waals surface area (Å²) >= 11 is 0. The molecule has 0 N–H and O–H groups in total. The smallest absolute Gasteiger partial charge is 0.173 e. The highest BCUT2D eigenvalue weighted by molar-refractivity contribution is 5.27. The molecule has 2 heterocycles. The molecule has 6 nitrogen and oxygen atoms in total. The van der Waals surface area contributed by atoms with Crippen LogP contribution in [0.2, 0.25) is 0 Å². The molecule has 1 saturated carbocycles. The van der Waals surface area contributed by atoms with E-state index in [1.54, 1.807) is 6.20 Å². The number of hydrogen-bond donors (Lipinski definition) is 0. The highest BCUT2D eigenvalue weighted by atomic mass is 19.1. The summed E-state index contributed by atoms with van der Waals surface area (Å²) in [7, 11) is 0. The highest BCUT2D eigenvalue weighted by Gasteiger charge is 2.31. The van der Waals surface area contributed by atoms with Crippen LogP contribution < -0.4 is 0 Å². The van der Waals surface area contributed by atoms with E-state index in [-0.39, 0.29) is 11.9 Å². The first-order chi connectivity index (χ1) is 16.3. The summed E-state index contributed by atoms with van der Waals surface area (Å²) in [5.74, 6) is 0.545. The minimum atomic E-state index is -0.255. The molecular formula is C26H27FN6. The first-order valence-corrected chi connectivity index (χ1v) is 11.5. The van der Waals surface area contributed by atoms with E-state index in [0.29, 0.717) is 19.1 Å². The van der Waals surface area contributed by atoms with Gasteiger partial charge in [0.2, 0.25) is 0 Å². The van der Waals surface area contributed by atoms with Gasteiger partial charge in [-0.3, -0.25) is 9.88 Å². The van der Waals surface area contributed by atoms with Crippen LogP contribution in [0.4, 0.5) is 4.39 Å². The third-order valence-electron chi connectivity index (χ3n) is 6.32. The second-order valence-electron chi connectivity index (χ2n) is 8.63. The van der Waals surface area contributed by atoms with E-state index in [9.17, 15) is 4.39 Å². The van der Waals surface area contributed by atoms with E-state index in [1.165, 1.54) is 30.5 Å². The zero-order valence-corrected chi connectivity index (χ0v) is 18.5. The lowest BCUT2D eigenvalue weighted by Gasteiger charge is -2.32. The van der Waals surface area contributed by atoms with Gasteiger partial charge in [-0.1, -0.05) is 61.4 Å². The quantitative estimate of drug-likeness (QED) is 0.379. The van der Waals surface area contributed by atoms with Crippen molar-refractivity contribution in [2.75, 3.05) is 0 Å². The van der Waals surface area contributed by atoms with Gasteiger partial charge in [-0.15, -0.1) is 5.10 Å². The molecule has 5 rings (SSSR count). The van der Waals surface area contributed by atoms with Crippen molar-refractivity contribution in [2.45, 2.75) is 50.9 Å². The van der Waals surface area contributed by atoms with Gasteiger partial charge < -0.3 is 0 Å². The second kappa shape index (κ2) is 10.0. The van der Waals surface area contributed by atoms with Gasteiger partial charge in [0, 0.05) is 25.5 Å². The Balaban J connectivity index is 1.59. The molecule has 2 aromatic carbocycles. The molecule has 4 aromatic rings. The van der Waals surface area contributed by atoms with Crippen molar-refractivity contribution in [3.05, 3.63) is 107 Å². The van der Waals surface area contributed by atoms with Gasteiger partial charge in [-0.2, -0.15) is 0 Å². The number of benzene rings is 2. The first kappa shape index (κ1) is 21.4. The molecule has 1 atom stereocenters. The van der Waals surface area contributed by atoms with E-state index in [1.807, 2.05) is 47.3 Å². The predicted octanol–water partition coefficient (Wildman–Crippen LogP) is 5.11.